The number of esters is 1. The predicted octanol–water partition coefficient (Wildman–Crippen LogP) is -1.50. The molecule has 9 nitrogen and oxygen atoms in total. The van der Waals surface area contributed by atoms with E-state index >= 15 is 0 Å². The number of imidazole rings is 1. The number of carboxylic acids is 1. The number of rotatable bonds is 7. The lowest BCUT2D eigenvalue weighted by Crippen LogP contribution is -2.44. The molecule has 19 heavy (non-hydrogen) atoms. The van der Waals surface area contributed by atoms with Crippen LogP contribution < -0.4 is 4.72 Å². The van der Waals surface area contributed by atoms with E-state index in [1.54, 1.807) is 0 Å². The molecule has 0 spiro atoms. The minimum Gasteiger partial charge on any atom is -0.480 e. The van der Waals surface area contributed by atoms with Gasteiger partial charge in [0.05, 0.1) is 13.4 Å². The Labute approximate surface area is 109 Å². The van der Waals surface area contributed by atoms with Crippen molar-refractivity contribution in [2.45, 2.75) is 12.5 Å². The Bertz CT molecular complexity index is 538. The summed E-state index contributed by atoms with van der Waals surface area (Å²) in [7, 11) is -3.04. The van der Waals surface area contributed by atoms with E-state index in [0.717, 1.165) is 7.11 Å². The third-order valence-corrected chi connectivity index (χ3v) is 3.39. The molecule has 0 amide bonds. The summed E-state index contributed by atoms with van der Waals surface area (Å²) in [6.07, 6.45) is 2.61. The number of nitrogens with zero attached hydrogens (tertiary/aromatic N) is 1. The van der Waals surface area contributed by atoms with Gasteiger partial charge in [-0.2, -0.15) is 0 Å². The molecule has 0 aliphatic heterocycles. The molecule has 0 aliphatic carbocycles. The predicted molar refractivity (Wildman–Crippen MR) is 62.7 cm³/mol. The van der Waals surface area contributed by atoms with Gasteiger partial charge in [-0.3, -0.25) is 9.59 Å². The van der Waals surface area contributed by atoms with Crippen molar-refractivity contribution in [1.82, 2.24) is 14.7 Å². The molecule has 1 aromatic rings. The molecule has 0 aliphatic rings. The normalized spacial score (nSPS) is 12.9. The number of aromatic amines is 1. The van der Waals surface area contributed by atoms with E-state index in [1.807, 2.05) is 4.72 Å². The zero-order valence-corrected chi connectivity index (χ0v) is 10.8. The summed E-state index contributed by atoms with van der Waals surface area (Å²) in [4.78, 5) is 28.2. The second-order valence-corrected chi connectivity index (χ2v) is 5.38. The Balaban J connectivity index is 2.73. The van der Waals surface area contributed by atoms with E-state index in [9.17, 15) is 18.0 Å². The molecule has 106 valence electrons. The van der Waals surface area contributed by atoms with E-state index < -0.39 is 33.8 Å². The van der Waals surface area contributed by atoms with Gasteiger partial charge in [-0.1, -0.05) is 0 Å². The van der Waals surface area contributed by atoms with Crippen LogP contribution in [0.3, 0.4) is 0 Å². The average Bonchev–Trinajstić information content (AvgIpc) is 2.79. The number of ether oxygens (including phenoxy) is 1. The summed E-state index contributed by atoms with van der Waals surface area (Å²) < 4.78 is 29.2. The van der Waals surface area contributed by atoms with Crippen molar-refractivity contribution in [2.24, 2.45) is 0 Å². The second-order valence-electron chi connectivity index (χ2n) is 3.62. The Morgan fingerprint density at radius 3 is 2.74 bits per heavy atom. The van der Waals surface area contributed by atoms with Crippen LogP contribution in [-0.4, -0.2) is 54.3 Å². The fourth-order valence-electron chi connectivity index (χ4n) is 1.27. The highest BCUT2D eigenvalue weighted by atomic mass is 32.2. The minimum atomic E-state index is -4.08. The van der Waals surface area contributed by atoms with E-state index in [2.05, 4.69) is 14.7 Å². The van der Waals surface area contributed by atoms with Crippen molar-refractivity contribution in [1.29, 1.82) is 0 Å². The fourth-order valence-corrected chi connectivity index (χ4v) is 2.40. The van der Waals surface area contributed by atoms with Gasteiger partial charge in [0.2, 0.25) is 10.0 Å². The van der Waals surface area contributed by atoms with Gasteiger partial charge in [0, 0.05) is 18.3 Å². The molecule has 0 aromatic carbocycles. The molecule has 0 bridgehead atoms. The minimum absolute atomic E-state index is 0.115. The van der Waals surface area contributed by atoms with Crippen LogP contribution in [0.25, 0.3) is 0 Å². The van der Waals surface area contributed by atoms with E-state index in [4.69, 9.17) is 5.11 Å². The van der Waals surface area contributed by atoms with Crippen LogP contribution >= 0.6 is 0 Å². The molecular weight excluding hydrogens is 278 g/mol. The molecule has 0 saturated heterocycles. The van der Waals surface area contributed by atoms with Gasteiger partial charge in [0.25, 0.3) is 0 Å². The molecule has 10 heteroatoms. The lowest BCUT2D eigenvalue weighted by Gasteiger charge is -2.13. The van der Waals surface area contributed by atoms with Crippen LogP contribution in [0, 0.1) is 0 Å². The number of aliphatic carboxylic acids is 1. The Morgan fingerprint density at radius 2 is 2.26 bits per heavy atom. The molecule has 1 heterocycles. The van der Waals surface area contributed by atoms with E-state index in [1.165, 1.54) is 12.5 Å². The number of carbonyl (C=O) groups is 2. The first-order chi connectivity index (χ1) is 8.84. The highest BCUT2D eigenvalue weighted by molar-refractivity contribution is 7.90. The quantitative estimate of drug-likeness (QED) is 0.519. The van der Waals surface area contributed by atoms with Gasteiger partial charge in [-0.25, -0.2) is 18.1 Å². The first-order valence-electron chi connectivity index (χ1n) is 5.11. The maximum Gasteiger partial charge on any atom is 0.322 e. The maximum absolute atomic E-state index is 11.5. The number of hydrogen-bond donors (Lipinski definition) is 3. The van der Waals surface area contributed by atoms with E-state index in [-0.39, 0.29) is 6.42 Å². The monoisotopic (exact) mass is 291 g/mol. The standard InChI is InChI=1S/C9H13N3O6S/c1-18-8(13)4-19(16,17)12-7(9(14)15)2-6-3-10-5-11-6/h3,5,7,12H,2,4H2,1H3,(H,10,11)(H,14,15)/t7-/m1/s1. The van der Waals surface area contributed by atoms with Crippen molar-refractivity contribution in [3.63, 3.8) is 0 Å². The topological polar surface area (TPSA) is 138 Å². The molecule has 0 fully saturated rings. The number of carbonyl (C=O) groups excluding carboxylic acids is 1. The van der Waals surface area contributed by atoms with Gasteiger partial charge >= 0.3 is 11.9 Å². The largest absolute Gasteiger partial charge is 0.480 e. The van der Waals surface area contributed by atoms with Gasteiger partial charge in [-0.15, -0.1) is 0 Å². The number of nitrogens with one attached hydrogen (secondary N) is 2. The van der Waals surface area contributed by atoms with Crippen LogP contribution in [0.15, 0.2) is 12.5 Å². The Kier molecular flexibility index (Phi) is 5.01. The lowest BCUT2D eigenvalue weighted by atomic mass is 10.2. The summed E-state index contributed by atoms with van der Waals surface area (Å²) in [5.41, 5.74) is 0.452. The number of carboxylic acid groups (broad SMARTS) is 1. The lowest BCUT2D eigenvalue weighted by molar-refractivity contribution is -0.139. The molecule has 0 unspecified atom stereocenters. The van der Waals surface area contributed by atoms with Crippen molar-refractivity contribution in [3.8, 4) is 0 Å². The van der Waals surface area contributed by atoms with Gasteiger partial charge in [0.15, 0.2) is 5.75 Å². The first kappa shape index (κ1) is 15.1. The molecule has 0 saturated carbocycles. The SMILES string of the molecule is COC(=O)CS(=O)(=O)N[C@H](Cc1cnc[nH]1)C(=O)O. The summed E-state index contributed by atoms with van der Waals surface area (Å²) in [5.74, 6) is -3.27. The van der Waals surface area contributed by atoms with E-state index in [0.29, 0.717) is 5.69 Å². The van der Waals surface area contributed by atoms with Crippen LogP contribution in [0.2, 0.25) is 0 Å². The van der Waals surface area contributed by atoms with Gasteiger partial charge in [-0.05, 0) is 0 Å². The zero-order valence-electron chi connectivity index (χ0n) is 9.99. The molecule has 3 N–H and O–H groups in total. The molecule has 1 atom stereocenters. The van der Waals surface area contributed by atoms with Crippen LogP contribution in [0.5, 0.6) is 0 Å². The Morgan fingerprint density at radius 1 is 1.58 bits per heavy atom. The van der Waals surface area contributed by atoms with Crippen LogP contribution in [0.1, 0.15) is 5.69 Å². The molecular formula is C9H13N3O6S. The third kappa shape index (κ3) is 5.06. The highest BCUT2D eigenvalue weighted by Crippen LogP contribution is 2.01. The average molecular weight is 291 g/mol. The number of sulfonamides is 1. The van der Waals surface area contributed by atoms with Gasteiger partial charge < -0.3 is 14.8 Å². The van der Waals surface area contributed by atoms with Crippen molar-refractivity contribution in [3.05, 3.63) is 18.2 Å². The number of hydrogen-bond acceptors (Lipinski definition) is 6. The van der Waals surface area contributed by atoms with Crippen molar-refractivity contribution in [2.75, 3.05) is 12.9 Å². The van der Waals surface area contributed by atoms with Crippen molar-refractivity contribution < 1.29 is 27.9 Å². The summed E-state index contributed by atoms with van der Waals surface area (Å²) >= 11 is 0. The van der Waals surface area contributed by atoms with Crippen LogP contribution in [0.4, 0.5) is 0 Å². The summed E-state index contributed by atoms with van der Waals surface area (Å²) in [5, 5.41) is 8.95. The van der Waals surface area contributed by atoms with Gasteiger partial charge in [0.1, 0.15) is 6.04 Å². The second kappa shape index (κ2) is 6.29. The smallest absolute Gasteiger partial charge is 0.322 e. The summed E-state index contributed by atoms with van der Waals surface area (Å²) in [6.45, 7) is 0. The summed E-state index contributed by atoms with van der Waals surface area (Å²) in [6, 6.07) is -1.39. The number of methoxy groups -OCH3 is 1. The van der Waals surface area contributed by atoms with Crippen LogP contribution in [-0.2, 0) is 30.8 Å². The third-order valence-electron chi connectivity index (χ3n) is 2.13. The number of H-pyrrole nitrogens is 1. The zero-order chi connectivity index (χ0) is 14.5. The fraction of sp³-hybridized carbons (Fsp3) is 0.444. The molecule has 1 rings (SSSR count). The molecule has 1 aromatic heterocycles. The highest BCUT2D eigenvalue weighted by Gasteiger charge is 2.26. The number of aromatic nitrogens is 2. The van der Waals surface area contributed by atoms with Crippen molar-refractivity contribution >= 4 is 22.0 Å². The molecule has 0 radical (unpaired) electrons. The first-order valence-corrected chi connectivity index (χ1v) is 6.76. The Hall–Kier alpha value is -1.94. The maximum atomic E-state index is 11.5.